The van der Waals surface area contributed by atoms with E-state index in [1.165, 1.54) is 10.8 Å². The predicted molar refractivity (Wildman–Crippen MR) is 62.5 cm³/mol. The number of nitrogens with one attached hydrogen (secondary N) is 1. The fraction of sp³-hybridized carbons (Fsp3) is 0.111. The summed E-state index contributed by atoms with van der Waals surface area (Å²) in [5, 5.41) is 7.63. The van der Waals surface area contributed by atoms with Crippen molar-refractivity contribution in [3.05, 3.63) is 55.0 Å². The number of aromatic nitrogens is 4. The maximum absolute atomic E-state index is 11.4. The molecule has 8 heteroatoms. The summed E-state index contributed by atoms with van der Waals surface area (Å²) >= 11 is 11.2. The van der Waals surface area contributed by atoms with Gasteiger partial charge >= 0.3 is 5.69 Å². The lowest BCUT2D eigenvalue weighted by atomic mass is 10.4. The molecule has 0 saturated heterocycles. The van der Waals surface area contributed by atoms with Crippen molar-refractivity contribution < 1.29 is 0 Å². The standard InChI is InChI=1S/C9H6Cl2N4O2/c10-6-4-15(9(17)12-8(6)16)3-5-1-2-7(11)14-13-5/h1-2,4H,3H2,(H,12,16,17). The van der Waals surface area contributed by atoms with Crippen LogP contribution in [0.25, 0.3) is 0 Å². The Morgan fingerprint density at radius 2 is 2.00 bits per heavy atom. The van der Waals surface area contributed by atoms with E-state index in [1.54, 1.807) is 12.1 Å². The van der Waals surface area contributed by atoms with Gasteiger partial charge in [-0.3, -0.25) is 14.3 Å². The molecule has 0 atom stereocenters. The first-order valence-electron chi connectivity index (χ1n) is 4.53. The monoisotopic (exact) mass is 272 g/mol. The topological polar surface area (TPSA) is 80.6 Å². The van der Waals surface area contributed by atoms with Crippen LogP contribution in [0.15, 0.2) is 27.9 Å². The Bertz CT molecular complexity index is 647. The minimum atomic E-state index is -0.616. The molecule has 0 aromatic carbocycles. The average Bonchev–Trinajstić information content (AvgIpc) is 2.29. The second kappa shape index (κ2) is 4.68. The molecule has 6 nitrogen and oxygen atoms in total. The summed E-state index contributed by atoms with van der Waals surface area (Å²) in [6, 6.07) is 3.18. The first-order chi connectivity index (χ1) is 8.06. The van der Waals surface area contributed by atoms with Crippen LogP contribution in [-0.2, 0) is 6.54 Å². The normalized spacial score (nSPS) is 10.5. The Morgan fingerprint density at radius 3 is 2.65 bits per heavy atom. The summed E-state index contributed by atoms with van der Waals surface area (Å²) in [6.45, 7) is 0.152. The van der Waals surface area contributed by atoms with E-state index in [1.807, 2.05) is 0 Å². The maximum atomic E-state index is 11.4. The van der Waals surface area contributed by atoms with E-state index in [2.05, 4.69) is 15.2 Å². The van der Waals surface area contributed by atoms with E-state index in [-0.39, 0.29) is 16.7 Å². The molecule has 0 radical (unpaired) electrons. The van der Waals surface area contributed by atoms with Gasteiger partial charge in [0, 0.05) is 6.20 Å². The average molecular weight is 273 g/mol. The van der Waals surface area contributed by atoms with Crippen LogP contribution in [-0.4, -0.2) is 19.7 Å². The smallest absolute Gasteiger partial charge is 0.293 e. The van der Waals surface area contributed by atoms with Crippen molar-refractivity contribution in [3.8, 4) is 0 Å². The molecule has 0 saturated carbocycles. The van der Waals surface area contributed by atoms with Crippen molar-refractivity contribution >= 4 is 23.2 Å². The highest BCUT2D eigenvalue weighted by atomic mass is 35.5. The zero-order valence-electron chi connectivity index (χ0n) is 8.35. The van der Waals surface area contributed by atoms with Crippen LogP contribution >= 0.6 is 23.2 Å². The molecule has 0 aliphatic rings. The van der Waals surface area contributed by atoms with Crippen molar-refractivity contribution in [2.45, 2.75) is 6.54 Å². The summed E-state index contributed by atoms with van der Waals surface area (Å²) in [6.07, 6.45) is 1.25. The molecule has 0 fully saturated rings. The second-order valence-electron chi connectivity index (χ2n) is 3.21. The Balaban J connectivity index is 2.36. The first kappa shape index (κ1) is 11.8. The lowest BCUT2D eigenvalue weighted by Gasteiger charge is -2.03. The number of H-pyrrole nitrogens is 1. The minimum absolute atomic E-state index is 0.0634. The van der Waals surface area contributed by atoms with Crippen molar-refractivity contribution in [1.82, 2.24) is 19.7 Å². The quantitative estimate of drug-likeness (QED) is 0.872. The summed E-state index contributed by atoms with van der Waals surface area (Å²) in [7, 11) is 0. The van der Waals surface area contributed by atoms with Crippen molar-refractivity contribution in [3.63, 3.8) is 0 Å². The number of aromatic amines is 1. The van der Waals surface area contributed by atoms with Gasteiger partial charge < -0.3 is 0 Å². The molecule has 2 aromatic heterocycles. The van der Waals surface area contributed by atoms with E-state index in [4.69, 9.17) is 23.2 Å². The zero-order valence-corrected chi connectivity index (χ0v) is 9.87. The summed E-state index contributed by atoms with van der Waals surface area (Å²) in [5.41, 5.74) is -0.647. The van der Waals surface area contributed by atoms with Crippen molar-refractivity contribution in [2.24, 2.45) is 0 Å². The Labute approximate surface area is 105 Å². The van der Waals surface area contributed by atoms with E-state index in [0.717, 1.165) is 0 Å². The summed E-state index contributed by atoms with van der Waals surface area (Å²) in [4.78, 5) is 24.6. The number of hydrogen-bond acceptors (Lipinski definition) is 4. The van der Waals surface area contributed by atoms with Gasteiger partial charge in [0.15, 0.2) is 5.15 Å². The maximum Gasteiger partial charge on any atom is 0.328 e. The molecule has 0 unspecified atom stereocenters. The number of halogens is 2. The fourth-order valence-corrected chi connectivity index (χ4v) is 1.47. The molecule has 2 heterocycles. The molecule has 0 spiro atoms. The Hall–Kier alpha value is -1.66. The number of rotatable bonds is 2. The van der Waals surface area contributed by atoms with Crippen molar-refractivity contribution in [2.75, 3.05) is 0 Å². The highest BCUT2D eigenvalue weighted by Gasteiger charge is 2.04. The van der Waals surface area contributed by atoms with Gasteiger partial charge in [0.2, 0.25) is 0 Å². The van der Waals surface area contributed by atoms with Crippen LogP contribution < -0.4 is 11.2 Å². The van der Waals surface area contributed by atoms with E-state index in [9.17, 15) is 9.59 Å². The SMILES string of the molecule is O=c1[nH]c(=O)n(Cc2ccc(Cl)nn2)cc1Cl. The second-order valence-corrected chi connectivity index (χ2v) is 4.01. The third-order valence-corrected chi connectivity index (χ3v) is 2.46. The van der Waals surface area contributed by atoms with Crippen LogP contribution in [0.5, 0.6) is 0 Å². The minimum Gasteiger partial charge on any atom is -0.293 e. The highest BCUT2D eigenvalue weighted by Crippen LogP contribution is 2.03. The molecule has 0 aliphatic carbocycles. The van der Waals surface area contributed by atoms with E-state index >= 15 is 0 Å². The molecule has 0 amide bonds. The van der Waals surface area contributed by atoms with Gasteiger partial charge in [-0.15, -0.1) is 5.10 Å². The van der Waals surface area contributed by atoms with Crippen molar-refractivity contribution in [1.29, 1.82) is 0 Å². The Kier molecular flexibility index (Phi) is 3.26. The predicted octanol–water partition coefficient (Wildman–Crippen LogP) is 0.682. The lowest BCUT2D eigenvalue weighted by Crippen LogP contribution is -2.30. The third kappa shape index (κ3) is 2.72. The number of nitrogens with zero attached hydrogens (tertiary/aromatic N) is 3. The van der Waals surface area contributed by atoms with Gasteiger partial charge in [0.05, 0.1) is 12.2 Å². The van der Waals surface area contributed by atoms with Crippen LogP contribution in [0.1, 0.15) is 5.69 Å². The van der Waals surface area contributed by atoms with E-state index in [0.29, 0.717) is 5.69 Å². The molecule has 1 N–H and O–H groups in total. The van der Waals surface area contributed by atoms with Gasteiger partial charge in [-0.05, 0) is 12.1 Å². The van der Waals surface area contributed by atoms with E-state index < -0.39 is 11.2 Å². The van der Waals surface area contributed by atoms with Crippen LogP contribution in [0.3, 0.4) is 0 Å². The zero-order chi connectivity index (χ0) is 12.4. The first-order valence-corrected chi connectivity index (χ1v) is 5.29. The largest absolute Gasteiger partial charge is 0.328 e. The van der Waals surface area contributed by atoms with Crippen LogP contribution in [0, 0.1) is 0 Å². The molecular weight excluding hydrogens is 267 g/mol. The molecule has 17 heavy (non-hydrogen) atoms. The van der Waals surface area contributed by atoms with Gasteiger partial charge in [-0.2, -0.15) is 5.10 Å². The molecule has 2 rings (SSSR count). The van der Waals surface area contributed by atoms with Crippen LogP contribution in [0.4, 0.5) is 0 Å². The van der Waals surface area contributed by atoms with Gasteiger partial charge in [0.1, 0.15) is 5.02 Å². The lowest BCUT2D eigenvalue weighted by molar-refractivity contribution is 0.694. The molecule has 0 aliphatic heterocycles. The van der Waals surface area contributed by atoms with Gasteiger partial charge in [0.25, 0.3) is 5.56 Å². The fourth-order valence-electron chi connectivity index (χ4n) is 1.20. The Morgan fingerprint density at radius 1 is 1.24 bits per heavy atom. The summed E-state index contributed by atoms with van der Waals surface area (Å²) < 4.78 is 1.22. The highest BCUT2D eigenvalue weighted by molar-refractivity contribution is 6.30. The summed E-state index contributed by atoms with van der Waals surface area (Å²) in [5.74, 6) is 0. The molecule has 88 valence electrons. The van der Waals surface area contributed by atoms with Gasteiger partial charge in [-0.1, -0.05) is 23.2 Å². The third-order valence-electron chi connectivity index (χ3n) is 1.99. The molecule has 0 bridgehead atoms. The molecular formula is C9H6Cl2N4O2. The van der Waals surface area contributed by atoms with Gasteiger partial charge in [-0.25, -0.2) is 4.79 Å². The van der Waals surface area contributed by atoms with Crippen LogP contribution in [0.2, 0.25) is 10.2 Å². The molecule has 2 aromatic rings. The number of hydrogen-bond donors (Lipinski definition) is 1.